The highest BCUT2D eigenvalue weighted by atomic mass is 19.2. The summed E-state index contributed by atoms with van der Waals surface area (Å²) >= 11 is 0. The zero-order valence-corrected chi connectivity index (χ0v) is 23.3. The van der Waals surface area contributed by atoms with Gasteiger partial charge in [-0.05, 0) is 64.0 Å². The van der Waals surface area contributed by atoms with Gasteiger partial charge in [-0.2, -0.15) is 8.78 Å². The van der Waals surface area contributed by atoms with E-state index in [2.05, 4.69) is 42.1 Å². The van der Waals surface area contributed by atoms with Gasteiger partial charge >= 0.3 is 0 Å². The Labute approximate surface area is 243 Å². The Balaban J connectivity index is 1.50. The van der Waals surface area contributed by atoms with Crippen LogP contribution in [0.2, 0.25) is 0 Å². The van der Waals surface area contributed by atoms with E-state index in [1.165, 1.54) is 20.2 Å². The van der Waals surface area contributed by atoms with Gasteiger partial charge in [0.2, 0.25) is 35.0 Å². The zero-order valence-electron chi connectivity index (χ0n) is 23.3. The number of benzene rings is 2. The van der Waals surface area contributed by atoms with E-state index in [0.29, 0.717) is 17.0 Å². The van der Waals surface area contributed by atoms with Gasteiger partial charge < -0.3 is 25.0 Å². The second kappa shape index (κ2) is 13.5. The molecular weight excluding hydrogens is 577 g/mol. The summed E-state index contributed by atoms with van der Waals surface area (Å²) in [4.78, 5) is 35.4. The second-order valence-electron chi connectivity index (χ2n) is 9.59. The first-order valence-corrected chi connectivity index (χ1v) is 13.0. The van der Waals surface area contributed by atoms with Crippen molar-refractivity contribution in [1.29, 1.82) is 0 Å². The smallest absolute Gasteiger partial charge is 0.251 e. The number of methoxy groups -OCH3 is 1. The normalized spacial score (nSPS) is 13.6. The highest BCUT2D eigenvalue weighted by Gasteiger charge is 2.27. The van der Waals surface area contributed by atoms with Crippen molar-refractivity contribution in [3.63, 3.8) is 0 Å². The number of hydrogen-bond donors (Lipinski definition) is 2. The maximum Gasteiger partial charge on any atom is 0.251 e. The minimum absolute atomic E-state index is 0.00201. The molecule has 0 aliphatic carbocycles. The average Bonchev–Trinajstić information content (AvgIpc) is 2.99. The van der Waals surface area contributed by atoms with Crippen molar-refractivity contribution in [2.24, 2.45) is 0 Å². The highest BCUT2D eigenvalue weighted by Crippen LogP contribution is 2.30. The number of ketones is 1. The Bertz CT molecular complexity index is 1590. The molecule has 1 aliphatic heterocycles. The molecule has 9 nitrogen and oxygen atoms in total. The molecule has 0 saturated carbocycles. The molecule has 0 radical (unpaired) electrons. The van der Waals surface area contributed by atoms with E-state index in [0.717, 1.165) is 25.9 Å². The maximum atomic E-state index is 13.8. The number of ether oxygens (including phenoxy) is 2. The van der Waals surface area contributed by atoms with Gasteiger partial charge in [0.05, 0.1) is 18.4 Å². The lowest BCUT2D eigenvalue weighted by atomic mass is 10.0. The van der Waals surface area contributed by atoms with Crippen molar-refractivity contribution in [1.82, 2.24) is 20.2 Å². The van der Waals surface area contributed by atoms with Crippen molar-refractivity contribution in [2.75, 3.05) is 39.2 Å². The van der Waals surface area contributed by atoms with Crippen LogP contribution in [0.25, 0.3) is 0 Å². The number of aromatic nitrogens is 2. The number of rotatable bonds is 8. The molecule has 3 aromatic rings. The Morgan fingerprint density at radius 1 is 1.05 bits per heavy atom. The van der Waals surface area contributed by atoms with Gasteiger partial charge in [-0.3, -0.25) is 9.59 Å². The van der Waals surface area contributed by atoms with Gasteiger partial charge in [-0.1, -0.05) is 5.92 Å². The lowest BCUT2D eigenvalue weighted by molar-refractivity contribution is 0.0916. The number of likely N-dealkylation sites (tertiary alicyclic amines) is 1. The maximum absolute atomic E-state index is 13.8. The first-order chi connectivity index (χ1) is 20.5. The van der Waals surface area contributed by atoms with Crippen LogP contribution in [0, 0.1) is 40.9 Å². The fourth-order valence-electron chi connectivity index (χ4n) is 4.21. The van der Waals surface area contributed by atoms with Crippen LogP contribution in [0.3, 0.4) is 0 Å². The van der Waals surface area contributed by atoms with Crippen molar-refractivity contribution in [2.45, 2.75) is 25.8 Å². The Hall–Kier alpha value is -4.77. The van der Waals surface area contributed by atoms with E-state index in [1.807, 2.05) is 7.05 Å². The quantitative estimate of drug-likeness (QED) is 0.129. The summed E-state index contributed by atoms with van der Waals surface area (Å²) in [5.41, 5.74) is 0.679. The summed E-state index contributed by atoms with van der Waals surface area (Å²) in [6, 6.07) is 4.81. The van der Waals surface area contributed by atoms with Crippen molar-refractivity contribution < 1.29 is 41.0 Å². The summed E-state index contributed by atoms with van der Waals surface area (Å²) in [5, 5.41) is 5.95. The molecule has 43 heavy (non-hydrogen) atoms. The van der Waals surface area contributed by atoms with Gasteiger partial charge in [0, 0.05) is 17.8 Å². The van der Waals surface area contributed by atoms with Crippen molar-refractivity contribution >= 4 is 23.3 Å². The first-order valence-electron chi connectivity index (χ1n) is 13.0. The van der Waals surface area contributed by atoms with E-state index in [1.54, 1.807) is 18.2 Å². The van der Waals surface area contributed by atoms with Gasteiger partial charge in [-0.15, -0.1) is 0 Å². The van der Waals surface area contributed by atoms with E-state index in [4.69, 9.17) is 4.74 Å². The number of nitrogens with one attached hydrogen (secondary N) is 2. The monoisotopic (exact) mass is 603 g/mol. The van der Waals surface area contributed by atoms with Crippen LogP contribution in [-0.2, 0) is 0 Å². The first kappa shape index (κ1) is 31.2. The van der Waals surface area contributed by atoms with Crippen molar-refractivity contribution in [3.8, 4) is 23.3 Å². The molecule has 0 unspecified atom stereocenters. The van der Waals surface area contributed by atoms with Gasteiger partial charge in [-0.25, -0.2) is 23.1 Å². The summed E-state index contributed by atoms with van der Waals surface area (Å²) in [6.45, 7) is 2.23. The van der Waals surface area contributed by atoms with Crippen LogP contribution in [0.15, 0.2) is 24.4 Å². The van der Waals surface area contributed by atoms with E-state index in [-0.39, 0.29) is 29.2 Å². The van der Waals surface area contributed by atoms with Crippen LogP contribution in [0.4, 0.5) is 33.6 Å². The Morgan fingerprint density at radius 3 is 2.33 bits per heavy atom. The number of carbonyl (C=O) groups is 2. The zero-order chi connectivity index (χ0) is 31.3. The van der Waals surface area contributed by atoms with Crippen LogP contribution < -0.4 is 20.1 Å². The van der Waals surface area contributed by atoms with Crippen LogP contribution in [-0.4, -0.2) is 66.5 Å². The predicted octanol–water partition coefficient (Wildman–Crippen LogP) is 4.38. The molecular formula is C29H26F5N5O4. The minimum Gasteiger partial charge on any atom is -0.495 e. The number of anilines is 2. The lowest BCUT2D eigenvalue weighted by Gasteiger charge is -2.29. The van der Waals surface area contributed by atoms with Gasteiger partial charge in [0.15, 0.2) is 11.5 Å². The fourth-order valence-corrected chi connectivity index (χ4v) is 4.21. The molecule has 2 aromatic carbocycles. The third-order valence-electron chi connectivity index (χ3n) is 6.60. The van der Waals surface area contributed by atoms with E-state index >= 15 is 0 Å². The van der Waals surface area contributed by atoms with E-state index in [9.17, 15) is 31.5 Å². The molecule has 4 rings (SSSR count). The summed E-state index contributed by atoms with van der Waals surface area (Å²) in [5.74, 6) is -7.99. The number of Topliss-reactive ketones (excluding diaryl/α,β-unsaturated/α-hetero) is 1. The molecule has 1 aromatic heterocycles. The van der Waals surface area contributed by atoms with E-state index < -0.39 is 47.2 Å². The highest BCUT2D eigenvalue weighted by molar-refractivity contribution is 5.96. The van der Waals surface area contributed by atoms with Gasteiger partial charge in [0.1, 0.15) is 18.1 Å². The number of hydrogen-bond acceptors (Lipinski definition) is 8. The van der Waals surface area contributed by atoms with Crippen LogP contribution in [0.5, 0.6) is 11.5 Å². The molecule has 1 saturated heterocycles. The molecule has 14 heteroatoms. The average molecular weight is 604 g/mol. The number of amides is 1. The summed E-state index contributed by atoms with van der Waals surface area (Å²) < 4.78 is 77.8. The molecule has 0 bridgehead atoms. The molecule has 1 aliphatic rings. The van der Waals surface area contributed by atoms with Crippen LogP contribution in [0.1, 0.15) is 46.2 Å². The van der Waals surface area contributed by atoms with Crippen molar-refractivity contribution in [3.05, 3.63) is 70.3 Å². The fraction of sp³-hybridized carbons (Fsp3) is 0.310. The summed E-state index contributed by atoms with van der Waals surface area (Å²) in [7, 11) is 3.45. The Kier molecular flexibility index (Phi) is 9.77. The molecule has 226 valence electrons. The molecule has 2 heterocycles. The predicted molar refractivity (Wildman–Crippen MR) is 145 cm³/mol. The third-order valence-corrected chi connectivity index (χ3v) is 6.60. The SMILES string of the molecule is COc1cc(C(=O)NC2CCN(C)CC2)ccc1Nc1ncc(C(C)=O)c(C#CCOc2c(F)c(F)c(F)c(F)c2F)n1. The molecule has 0 atom stereocenters. The molecule has 0 spiro atoms. The van der Waals surface area contributed by atoms with Gasteiger partial charge in [0.25, 0.3) is 5.91 Å². The largest absolute Gasteiger partial charge is 0.495 e. The molecule has 1 amide bonds. The number of halogens is 5. The molecule has 2 N–H and O–H groups in total. The van der Waals surface area contributed by atoms with Crippen LogP contribution >= 0.6 is 0 Å². The number of piperidine rings is 1. The Morgan fingerprint density at radius 2 is 1.70 bits per heavy atom. The topological polar surface area (TPSA) is 106 Å². The summed E-state index contributed by atoms with van der Waals surface area (Å²) in [6.07, 6.45) is 2.89. The number of carbonyl (C=O) groups excluding carboxylic acids is 2. The standard InChI is InChI=1S/C29H26F5N5O4/c1-15(40)18-14-35-29(37-19(18)5-4-12-43-27-25(33)23(31)22(30)24(32)26(27)34)38-20-7-6-16(13-21(20)42-3)28(41)36-17-8-10-39(2)11-9-17/h6-7,13-14,17H,8-12H2,1-3H3,(H,36,41)(H,35,37,38). The third kappa shape index (κ3) is 7.18. The second-order valence-corrected chi connectivity index (χ2v) is 9.59. The molecule has 1 fully saturated rings. The minimum atomic E-state index is -2.32. The number of nitrogens with zero attached hydrogens (tertiary/aromatic N) is 3. The lowest BCUT2D eigenvalue weighted by Crippen LogP contribution is -2.43.